The molecule has 1 rings (SSSR count). The lowest BCUT2D eigenvalue weighted by atomic mass is 10.1. The van der Waals surface area contributed by atoms with Crippen LogP contribution in [0.25, 0.3) is 0 Å². The van der Waals surface area contributed by atoms with Crippen LogP contribution in [-0.4, -0.2) is 12.7 Å². The monoisotopic (exact) mass is 152 g/mol. The van der Waals surface area contributed by atoms with Gasteiger partial charge in [0, 0.05) is 0 Å². The van der Waals surface area contributed by atoms with Crippen molar-refractivity contribution in [1.29, 1.82) is 0 Å². The van der Waals surface area contributed by atoms with E-state index in [0.717, 1.165) is 24.5 Å². The first kappa shape index (κ1) is 8.54. The van der Waals surface area contributed by atoms with Gasteiger partial charge in [0.25, 0.3) is 0 Å². The minimum atomic E-state index is 0.335. The molecule has 0 aromatic carbocycles. The summed E-state index contributed by atoms with van der Waals surface area (Å²) in [5.41, 5.74) is 1.09. The van der Waals surface area contributed by atoms with Crippen LogP contribution in [-0.2, 0) is 4.74 Å². The second kappa shape index (κ2) is 3.72. The second-order valence-corrected chi connectivity index (χ2v) is 3.42. The molecule has 1 fully saturated rings. The minimum absolute atomic E-state index is 0.335. The molecule has 0 aliphatic carbocycles. The zero-order valence-corrected chi connectivity index (χ0v) is 7.34. The third-order valence-electron chi connectivity index (χ3n) is 1.82. The summed E-state index contributed by atoms with van der Waals surface area (Å²) in [4.78, 5) is 0. The van der Waals surface area contributed by atoms with E-state index in [-0.39, 0.29) is 0 Å². The highest BCUT2D eigenvalue weighted by molar-refractivity contribution is 5.13. The summed E-state index contributed by atoms with van der Waals surface area (Å²) in [6, 6.07) is 0. The van der Waals surface area contributed by atoms with Crippen molar-refractivity contribution >= 4 is 0 Å². The summed E-state index contributed by atoms with van der Waals surface area (Å²) >= 11 is 0. The van der Waals surface area contributed by atoms with Crippen molar-refractivity contribution in [2.24, 2.45) is 5.92 Å². The summed E-state index contributed by atoms with van der Waals surface area (Å²) in [6.45, 7) is 8.91. The summed E-state index contributed by atoms with van der Waals surface area (Å²) in [7, 11) is 0. The Kier molecular flexibility index (Phi) is 2.89. The fourth-order valence-corrected chi connectivity index (χ4v) is 1.23. The van der Waals surface area contributed by atoms with Crippen molar-refractivity contribution in [2.45, 2.75) is 26.4 Å². The summed E-state index contributed by atoms with van der Waals surface area (Å²) in [5, 5.41) is 0. The van der Waals surface area contributed by atoms with Crippen LogP contribution in [0.3, 0.4) is 0 Å². The lowest BCUT2D eigenvalue weighted by Crippen LogP contribution is -1.98. The number of rotatable bonds is 2. The normalized spacial score (nSPS) is 31.5. The molecule has 1 aliphatic rings. The van der Waals surface area contributed by atoms with E-state index in [1.165, 1.54) is 0 Å². The van der Waals surface area contributed by atoms with Gasteiger partial charge in [0.1, 0.15) is 0 Å². The molecule has 0 radical (unpaired) electrons. The zero-order chi connectivity index (χ0) is 8.27. The molecule has 0 N–H and O–H groups in total. The molecule has 1 aliphatic heterocycles. The zero-order valence-electron chi connectivity index (χ0n) is 7.34. The van der Waals surface area contributed by atoms with Gasteiger partial charge in [-0.2, -0.15) is 0 Å². The number of hydrogen-bond acceptors (Lipinski definition) is 1. The van der Waals surface area contributed by atoms with Crippen LogP contribution in [0.2, 0.25) is 0 Å². The molecule has 0 saturated carbocycles. The molecule has 0 aromatic heterocycles. The Balaban J connectivity index is 2.33. The average molecular weight is 152 g/mol. The molecule has 62 valence electrons. The molecule has 1 heteroatoms. The van der Waals surface area contributed by atoms with Crippen LogP contribution in [0.15, 0.2) is 24.3 Å². The maximum absolute atomic E-state index is 5.49. The van der Waals surface area contributed by atoms with Gasteiger partial charge in [-0.3, -0.25) is 0 Å². The molecule has 0 unspecified atom stereocenters. The molecule has 11 heavy (non-hydrogen) atoms. The molecule has 0 spiro atoms. The smallest absolute Gasteiger partial charge is 0.0762 e. The molecule has 0 amide bonds. The molecule has 2 atom stereocenters. The van der Waals surface area contributed by atoms with Crippen molar-refractivity contribution < 1.29 is 4.74 Å². The Morgan fingerprint density at radius 1 is 1.64 bits per heavy atom. The second-order valence-electron chi connectivity index (χ2n) is 3.42. The Morgan fingerprint density at radius 3 is 2.82 bits per heavy atom. The third-order valence-corrected chi connectivity index (χ3v) is 1.82. The lowest BCUT2D eigenvalue weighted by molar-refractivity contribution is 0.140. The predicted octanol–water partition coefficient (Wildman–Crippen LogP) is 2.54. The van der Waals surface area contributed by atoms with E-state index in [0.29, 0.717) is 6.10 Å². The number of hydrogen-bond donors (Lipinski definition) is 0. The van der Waals surface area contributed by atoms with E-state index >= 15 is 0 Å². The Hall–Kier alpha value is -0.560. The highest BCUT2D eigenvalue weighted by Crippen LogP contribution is 2.19. The first-order chi connectivity index (χ1) is 5.18. The van der Waals surface area contributed by atoms with Gasteiger partial charge >= 0.3 is 0 Å². The van der Waals surface area contributed by atoms with Gasteiger partial charge in [-0.25, -0.2) is 0 Å². The van der Waals surface area contributed by atoms with E-state index < -0.39 is 0 Å². The van der Waals surface area contributed by atoms with Gasteiger partial charge < -0.3 is 4.74 Å². The van der Waals surface area contributed by atoms with Crippen LogP contribution in [0, 0.1) is 5.92 Å². The van der Waals surface area contributed by atoms with Gasteiger partial charge in [-0.15, -0.1) is 0 Å². The van der Waals surface area contributed by atoms with Crippen molar-refractivity contribution in [1.82, 2.24) is 0 Å². The standard InChI is InChI=1S/C10H16O/c1-8(2)4-5-10-6-9(3)7-11-10/h4-5,9-10H,1,6-7H2,2-3H3/b5-4+/t9-,10-/m0/s1. The average Bonchev–Trinajstić information content (AvgIpc) is 2.31. The molecule has 0 aromatic rings. The van der Waals surface area contributed by atoms with E-state index in [1.807, 2.05) is 13.0 Å². The topological polar surface area (TPSA) is 9.23 Å². The van der Waals surface area contributed by atoms with Crippen LogP contribution >= 0.6 is 0 Å². The fraction of sp³-hybridized carbons (Fsp3) is 0.600. The highest BCUT2D eigenvalue weighted by atomic mass is 16.5. The number of allylic oxidation sites excluding steroid dienone is 2. The maximum atomic E-state index is 5.49. The van der Waals surface area contributed by atoms with Crippen LogP contribution in [0.1, 0.15) is 20.3 Å². The Bertz CT molecular complexity index is 170. The van der Waals surface area contributed by atoms with Gasteiger partial charge in [0.15, 0.2) is 0 Å². The first-order valence-corrected chi connectivity index (χ1v) is 4.14. The molecule has 1 heterocycles. The summed E-state index contributed by atoms with van der Waals surface area (Å²) < 4.78 is 5.49. The summed E-state index contributed by atoms with van der Waals surface area (Å²) in [5.74, 6) is 0.717. The third kappa shape index (κ3) is 2.89. The maximum Gasteiger partial charge on any atom is 0.0762 e. The van der Waals surface area contributed by atoms with Crippen molar-refractivity contribution in [2.75, 3.05) is 6.61 Å². The SMILES string of the molecule is C=C(C)/C=C/[C@H]1C[C@H](C)CO1. The van der Waals surface area contributed by atoms with E-state index in [1.54, 1.807) is 0 Å². The molecule has 1 saturated heterocycles. The van der Waals surface area contributed by atoms with Crippen molar-refractivity contribution in [3.8, 4) is 0 Å². The first-order valence-electron chi connectivity index (χ1n) is 4.14. The highest BCUT2D eigenvalue weighted by Gasteiger charge is 2.18. The summed E-state index contributed by atoms with van der Waals surface area (Å²) in [6.07, 6.45) is 5.62. The van der Waals surface area contributed by atoms with Gasteiger partial charge in [0.2, 0.25) is 0 Å². The van der Waals surface area contributed by atoms with E-state index in [4.69, 9.17) is 4.74 Å². The quantitative estimate of drug-likeness (QED) is 0.552. The Morgan fingerprint density at radius 2 is 2.36 bits per heavy atom. The van der Waals surface area contributed by atoms with Crippen LogP contribution in [0.5, 0.6) is 0 Å². The van der Waals surface area contributed by atoms with Crippen molar-refractivity contribution in [3.63, 3.8) is 0 Å². The predicted molar refractivity (Wildman–Crippen MR) is 47.5 cm³/mol. The molecular weight excluding hydrogens is 136 g/mol. The molecule has 0 bridgehead atoms. The van der Waals surface area contributed by atoms with Crippen LogP contribution in [0.4, 0.5) is 0 Å². The van der Waals surface area contributed by atoms with Gasteiger partial charge in [0.05, 0.1) is 12.7 Å². The van der Waals surface area contributed by atoms with E-state index in [9.17, 15) is 0 Å². The molecule has 1 nitrogen and oxygen atoms in total. The largest absolute Gasteiger partial charge is 0.374 e. The van der Waals surface area contributed by atoms with Gasteiger partial charge in [-0.1, -0.05) is 31.2 Å². The van der Waals surface area contributed by atoms with Crippen molar-refractivity contribution in [3.05, 3.63) is 24.3 Å². The minimum Gasteiger partial charge on any atom is -0.374 e. The number of ether oxygens (including phenoxy) is 1. The van der Waals surface area contributed by atoms with Crippen LogP contribution < -0.4 is 0 Å². The van der Waals surface area contributed by atoms with Gasteiger partial charge in [-0.05, 0) is 19.3 Å². The van der Waals surface area contributed by atoms with E-state index in [2.05, 4.69) is 19.6 Å². The molecular formula is C10H16O. The Labute approximate surface area is 68.8 Å². The lowest BCUT2D eigenvalue weighted by Gasteiger charge is -2.00. The fourth-order valence-electron chi connectivity index (χ4n) is 1.23.